The first-order valence-corrected chi connectivity index (χ1v) is 27.1. The number of aliphatic hydroxyl groups is 3. The number of hydrogen-bond donors (Lipinski definition) is 5. The molecule has 0 saturated carbocycles. The van der Waals surface area contributed by atoms with Crippen LogP contribution in [-0.2, 0) is 47.2 Å². The van der Waals surface area contributed by atoms with Crippen molar-refractivity contribution in [1.82, 2.24) is 5.32 Å². The molecule has 16 nitrogen and oxygen atoms in total. The molecule has 1 amide bonds. The largest absolute Gasteiger partial charge is 1.00 e. The average Bonchev–Trinajstić information content (AvgIpc) is 3.26. The Bertz CT molecular complexity index is 1310. The van der Waals surface area contributed by atoms with E-state index in [1.54, 1.807) is 0 Å². The van der Waals surface area contributed by atoms with Gasteiger partial charge in [0.1, 0.15) is 36.6 Å². The molecule has 66 heavy (non-hydrogen) atoms. The summed E-state index contributed by atoms with van der Waals surface area (Å²) in [5, 5.41) is 34.1. The number of nitrogens with one attached hydrogen (secondary N) is 1. The van der Waals surface area contributed by atoms with Gasteiger partial charge in [0.2, 0.25) is 12.2 Å². The molecule has 2 aliphatic rings. The van der Waals surface area contributed by atoms with Crippen LogP contribution in [0.1, 0.15) is 220 Å². The third-order valence-electron chi connectivity index (χ3n) is 12.5. The number of hydrogen-bond acceptors (Lipinski definition) is 14. The van der Waals surface area contributed by atoms with Crippen molar-refractivity contribution < 1.29 is 102 Å². The van der Waals surface area contributed by atoms with Crippen LogP contribution in [0, 0.1) is 0 Å². The molecule has 2 aliphatic heterocycles. The molecular weight excluding hydrogens is 884 g/mol. The summed E-state index contributed by atoms with van der Waals surface area (Å²) >= 11 is 0. The van der Waals surface area contributed by atoms with Gasteiger partial charge in [-0.25, -0.2) is 0 Å². The van der Waals surface area contributed by atoms with Crippen LogP contribution in [0.3, 0.4) is 0 Å². The number of amides is 1. The Morgan fingerprint density at radius 3 is 1.41 bits per heavy atom. The first-order chi connectivity index (χ1) is 31.2. The second-order valence-corrected chi connectivity index (χ2v) is 19.5. The Kier molecular flexibility index (Phi) is 36.5. The summed E-state index contributed by atoms with van der Waals surface area (Å²) in [6.07, 6.45) is 13.4. The minimum Gasteiger partial charge on any atom is -0.756 e. The molecule has 0 aromatic carbocycles. The van der Waals surface area contributed by atoms with Gasteiger partial charge in [0.05, 0.1) is 12.7 Å². The molecule has 2 heterocycles. The quantitative estimate of drug-likeness (QED) is 0.0234. The molecule has 1 unspecified atom stereocenters. The standard InChI is InChI=1S/C48H90NO15P.Na/c1-5-8-11-14-17-20-23-26-29-32-38(50)49-41-46(62-39(51)33-30-27-24-21-18-15-12-9-6-2)45(64-65(56,57)58)37(35-59-48-44(55)43(54)42(53)36(4)60-48)61-47(41)63-40(52)34-31-28-25-22-19-16-13-10-7-3;/h36-37,41-48,53-55H,5-35H2,1-4H3,(H,49,50)(H2,56,57,58);/q;+1/p-1/t36-,37+,41+,42-,43+,44+,45+,46+,47-,48+;/m0./s1. The second-order valence-electron chi connectivity index (χ2n) is 18.4. The van der Waals surface area contributed by atoms with Gasteiger partial charge in [0.15, 0.2) is 12.4 Å². The summed E-state index contributed by atoms with van der Waals surface area (Å²) in [7, 11) is -5.62. The summed E-state index contributed by atoms with van der Waals surface area (Å²) in [5.74, 6) is -1.88. The predicted octanol–water partition coefficient (Wildman–Crippen LogP) is 5.11. The van der Waals surface area contributed by atoms with Crippen molar-refractivity contribution >= 4 is 25.7 Å². The van der Waals surface area contributed by atoms with Crippen molar-refractivity contribution in [3.8, 4) is 0 Å². The van der Waals surface area contributed by atoms with Crippen molar-refractivity contribution in [3.63, 3.8) is 0 Å². The molecule has 11 atom stereocenters. The van der Waals surface area contributed by atoms with E-state index in [0.29, 0.717) is 19.3 Å². The van der Waals surface area contributed by atoms with Crippen molar-refractivity contribution in [2.24, 2.45) is 0 Å². The number of esters is 2. The zero-order valence-electron chi connectivity index (χ0n) is 41.4. The predicted molar refractivity (Wildman–Crippen MR) is 245 cm³/mol. The fraction of sp³-hybridized carbons (Fsp3) is 0.938. The molecule has 2 fully saturated rings. The molecule has 0 spiro atoms. The number of carbonyl (C=O) groups is 3. The number of unbranched alkanes of at least 4 members (excludes halogenated alkanes) is 24. The average molecular weight is 974 g/mol. The first kappa shape index (κ1) is 63.3. The maximum absolute atomic E-state index is 13.7. The van der Waals surface area contributed by atoms with Crippen LogP contribution in [0.2, 0.25) is 0 Å². The zero-order chi connectivity index (χ0) is 47.9. The van der Waals surface area contributed by atoms with E-state index in [0.717, 1.165) is 83.5 Å². The van der Waals surface area contributed by atoms with Crippen molar-refractivity contribution in [1.29, 1.82) is 0 Å². The zero-order valence-corrected chi connectivity index (χ0v) is 44.3. The van der Waals surface area contributed by atoms with Gasteiger partial charge in [-0.15, -0.1) is 0 Å². The van der Waals surface area contributed by atoms with Crippen LogP contribution in [0.5, 0.6) is 0 Å². The molecule has 382 valence electrons. The smallest absolute Gasteiger partial charge is 0.756 e. The van der Waals surface area contributed by atoms with Crippen LogP contribution < -0.4 is 39.8 Å². The molecule has 0 bridgehead atoms. The van der Waals surface area contributed by atoms with Crippen LogP contribution in [0.15, 0.2) is 0 Å². The van der Waals surface area contributed by atoms with E-state index >= 15 is 0 Å². The number of carbonyl (C=O) groups excluding carboxylic acids is 3. The van der Waals surface area contributed by atoms with E-state index in [9.17, 15) is 44.1 Å². The Hall–Kier alpha value is -0.720. The van der Waals surface area contributed by atoms with Gasteiger partial charge >= 0.3 is 41.5 Å². The van der Waals surface area contributed by atoms with Crippen LogP contribution in [-0.4, -0.2) is 106 Å². The maximum atomic E-state index is 13.7. The fourth-order valence-electron chi connectivity index (χ4n) is 8.47. The first-order valence-electron chi connectivity index (χ1n) is 25.6. The second kappa shape index (κ2) is 38.0. The van der Waals surface area contributed by atoms with E-state index in [1.165, 1.54) is 77.6 Å². The van der Waals surface area contributed by atoms with Gasteiger partial charge in [0, 0.05) is 19.3 Å². The minimum absolute atomic E-state index is 0. The molecule has 0 aliphatic carbocycles. The molecule has 0 aromatic heterocycles. The fourth-order valence-corrected chi connectivity index (χ4v) is 9.03. The summed E-state index contributed by atoms with van der Waals surface area (Å²) in [6, 6.07) is -1.47. The normalized spacial score (nSPS) is 26.3. The van der Waals surface area contributed by atoms with Gasteiger partial charge in [0.25, 0.3) is 7.82 Å². The van der Waals surface area contributed by atoms with Gasteiger partial charge in [-0.2, -0.15) is 0 Å². The van der Waals surface area contributed by atoms with Crippen LogP contribution >= 0.6 is 7.82 Å². The molecule has 0 aromatic rings. The molecule has 0 radical (unpaired) electrons. The number of aliphatic hydroxyl groups excluding tert-OH is 3. The number of phosphoric acid groups is 1. The van der Waals surface area contributed by atoms with Crippen LogP contribution in [0.25, 0.3) is 0 Å². The molecule has 5 N–H and O–H groups in total. The Balaban J connectivity index is 0.0000218. The van der Waals surface area contributed by atoms with E-state index in [-0.39, 0.29) is 48.8 Å². The Morgan fingerprint density at radius 1 is 0.561 bits per heavy atom. The van der Waals surface area contributed by atoms with Crippen LogP contribution in [0.4, 0.5) is 0 Å². The topological polar surface area (TPSA) is 240 Å². The third-order valence-corrected chi connectivity index (χ3v) is 13.0. The van der Waals surface area contributed by atoms with Crippen molar-refractivity contribution in [3.05, 3.63) is 0 Å². The summed E-state index contributed by atoms with van der Waals surface area (Å²) in [6.45, 7) is 7.30. The maximum Gasteiger partial charge on any atom is 1.00 e. The summed E-state index contributed by atoms with van der Waals surface area (Å²) < 4.78 is 47.0. The minimum atomic E-state index is -5.62. The van der Waals surface area contributed by atoms with Crippen molar-refractivity contribution in [2.45, 2.75) is 282 Å². The Labute approximate surface area is 419 Å². The van der Waals surface area contributed by atoms with Gasteiger partial charge < -0.3 is 58.6 Å². The summed E-state index contributed by atoms with van der Waals surface area (Å²) in [5.41, 5.74) is 0. The number of ether oxygens (including phenoxy) is 5. The molecule has 2 saturated heterocycles. The van der Waals surface area contributed by atoms with E-state index in [4.69, 9.17) is 28.2 Å². The van der Waals surface area contributed by atoms with E-state index in [2.05, 4.69) is 26.1 Å². The van der Waals surface area contributed by atoms with Crippen molar-refractivity contribution in [2.75, 3.05) is 6.61 Å². The molecular formula is C48H89NNaO15P. The van der Waals surface area contributed by atoms with E-state index in [1.807, 2.05) is 0 Å². The number of phosphoric ester groups is 1. The molecule has 18 heteroatoms. The molecule has 2 rings (SSSR count). The van der Waals surface area contributed by atoms with Gasteiger partial charge in [-0.05, 0) is 26.2 Å². The third kappa shape index (κ3) is 27.6. The summed E-state index contributed by atoms with van der Waals surface area (Å²) in [4.78, 5) is 63.3. The van der Waals surface area contributed by atoms with Gasteiger partial charge in [-0.3, -0.25) is 18.9 Å². The Morgan fingerprint density at radius 2 is 0.970 bits per heavy atom. The number of rotatable bonds is 38. The SMILES string of the molecule is CCCCCCCCCCCC(=O)N[C@H]1[C@H](OC(=O)CCCCCCCCCCC)O[C@H](CO[C@@H]2O[C@@H](C)[C@H](O)[C@@H](O)[C@H]2O)[C@@H](OP(=O)([O-])O)[C@@H]1OC(=O)CCCCCCCCCCC.[Na+]. The monoisotopic (exact) mass is 974 g/mol. The van der Waals surface area contributed by atoms with Gasteiger partial charge in [-0.1, -0.05) is 175 Å². The van der Waals surface area contributed by atoms with E-state index < -0.39 is 93.6 Å².